The molecule has 0 saturated heterocycles. The normalized spacial score (nSPS) is 16.1. The van der Waals surface area contributed by atoms with Crippen LogP contribution in [-0.4, -0.2) is 10.9 Å². The molecule has 0 bridgehead atoms. The van der Waals surface area contributed by atoms with Crippen molar-refractivity contribution in [3.05, 3.63) is 0 Å². The van der Waals surface area contributed by atoms with Gasteiger partial charge in [0.1, 0.15) is 0 Å². The van der Waals surface area contributed by atoms with Crippen LogP contribution in [0.3, 0.4) is 0 Å². The van der Waals surface area contributed by atoms with Crippen LogP contribution in [0.25, 0.3) is 0 Å². The predicted molar refractivity (Wildman–Crippen MR) is 30.7 cm³/mol. The van der Waals surface area contributed by atoms with Crippen LogP contribution in [0, 0.1) is 0 Å². The second kappa shape index (κ2) is 2.70. The minimum Gasteiger partial charge on any atom is -0.271 e. The van der Waals surface area contributed by atoms with E-state index in [9.17, 15) is 8.78 Å². The molecule has 0 aliphatic heterocycles. The summed E-state index contributed by atoms with van der Waals surface area (Å²) in [6.45, 7) is 1.27. The molecule has 1 atom stereocenters. The lowest BCUT2D eigenvalue weighted by Crippen LogP contribution is -2.42. The van der Waals surface area contributed by atoms with E-state index in [0.717, 1.165) is 0 Å². The van der Waals surface area contributed by atoms with Crippen molar-refractivity contribution >= 4 is 15.9 Å². The highest BCUT2D eigenvalue weighted by Gasteiger charge is 2.31. The topological polar surface area (TPSA) is 38.0 Å². The highest BCUT2D eigenvalue weighted by atomic mass is 79.9. The van der Waals surface area contributed by atoms with Crippen LogP contribution in [0.15, 0.2) is 0 Å². The maximum Gasteiger partial charge on any atom is 0.317 e. The van der Waals surface area contributed by atoms with Gasteiger partial charge in [-0.1, -0.05) is 0 Å². The van der Waals surface area contributed by atoms with Gasteiger partial charge in [0.15, 0.2) is 0 Å². The summed E-state index contributed by atoms with van der Waals surface area (Å²) in [7, 11) is 0. The molecule has 0 aromatic rings. The first-order valence-electron chi connectivity index (χ1n) is 2.01. The molecule has 0 fully saturated rings. The summed E-state index contributed by atoms with van der Waals surface area (Å²) in [6.07, 6.45) is 0. The summed E-state index contributed by atoms with van der Waals surface area (Å²) in [4.78, 5) is -2.91. The Hall–Kier alpha value is 0.260. The van der Waals surface area contributed by atoms with Gasteiger partial charge in [-0.05, 0) is 22.9 Å². The van der Waals surface area contributed by atoms with Crippen molar-refractivity contribution in [3.63, 3.8) is 0 Å². The second-order valence-electron chi connectivity index (χ2n) is 1.43. The highest BCUT2D eigenvalue weighted by Crippen LogP contribution is 2.24. The molecule has 2 nitrogen and oxygen atoms in total. The third kappa shape index (κ3) is 2.54. The monoisotopic (exact) mass is 188 g/mol. The molecule has 0 radical (unpaired) electrons. The molecule has 3 N–H and O–H groups in total. The maximum absolute atomic E-state index is 11.9. The number of hydrazine groups is 1. The quantitative estimate of drug-likeness (QED) is 0.383. The molecule has 1 unspecified atom stereocenters. The Morgan fingerprint density at radius 3 is 2.12 bits per heavy atom. The van der Waals surface area contributed by atoms with Gasteiger partial charge in [0.2, 0.25) is 0 Å². The molecule has 0 aromatic heterocycles. The van der Waals surface area contributed by atoms with Gasteiger partial charge in [-0.2, -0.15) is 8.78 Å². The lowest BCUT2D eigenvalue weighted by molar-refractivity contribution is 0.0748. The first kappa shape index (κ1) is 8.26. The molecule has 8 heavy (non-hydrogen) atoms. The smallest absolute Gasteiger partial charge is 0.271 e. The Balaban J connectivity index is 3.62. The lowest BCUT2D eigenvalue weighted by Gasteiger charge is -2.14. The molecule has 50 valence electrons. The predicted octanol–water partition coefficient (Wildman–Crippen LogP) is 0.826. The number of nitrogens with one attached hydrogen (secondary N) is 1. The first-order chi connectivity index (χ1) is 3.48. The fourth-order valence-electron chi connectivity index (χ4n) is 0.0945. The van der Waals surface area contributed by atoms with Crippen LogP contribution in [0.2, 0.25) is 0 Å². The summed E-state index contributed by atoms with van der Waals surface area (Å²) in [5.74, 6) is 4.70. The SMILES string of the molecule is CC(NN)C(F)(F)Br. The highest BCUT2D eigenvalue weighted by molar-refractivity contribution is 9.10. The van der Waals surface area contributed by atoms with Crippen molar-refractivity contribution in [2.45, 2.75) is 17.8 Å². The third-order valence-electron chi connectivity index (χ3n) is 0.741. The largest absolute Gasteiger partial charge is 0.317 e. The van der Waals surface area contributed by atoms with Crippen LogP contribution in [0.1, 0.15) is 6.92 Å². The number of hydrogen-bond acceptors (Lipinski definition) is 2. The van der Waals surface area contributed by atoms with Gasteiger partial charge < -0.3 is 0 Å². The van der Waals surface area contributed by atoms with Crippen LogP contribution >= 0.6 is 15.9 Å². The van der Waals surface area contributed by atoms with Gasteiger partial charge in [0, 0.05) is 0 Å². The minimum atomic E-state index is -2.91. The maximum atomic E-state index is 11.9. The van der Waals surface area contributed by atoms with E-state index < -0.39 is 10.9 Å². The van der Waals surface area contributed by atoms with Crippen LogP contribution in [-0.2, 0) is 0 Å². The average molecular weight is 189 g/mol. The van der Waals surface area contributed by atoms with Crippen LogP contribution < -0.4 is 11.3 Å². The van der Waals surface area contributed by atoms with E-state index in [1.807, 2.05) is 5.43 Å². The Morgan fingerprint density at radius 1 is 1.75 bits per heavy atom. The van der Waals surface area contributed by atoms with E-state index in [-0.39, 0.29) is 0 Å². The molecule has 0 rings (SSSR count). The van der Waals surface area contributed by atoms with Crippen LogP contribution in [0.4, 0.5) is 8.78 Å². The molecular weight excluding hydrogens is 182 g/mol. The van der Waals surface area contributed by atoms with Gasteiger partial charge in [-0.3, -0.25) is 11.3 Å². The molecule has 0 aromatic carbocycles. The Morgan fingerprint density at radius 2 is 2.12 bits per heavy atom. The molecule has 0 amide bonds. The van der Waals surface area contributed by atoms with Gasteiger partial charge in [-0.15, -0.1) is 0 Å². The summed E-state index contributed by atoms with van der Waals surface area (Å²) in [5.41, 5.74) is 1.91. The number of rotatable bonds is 2. The van der Waals surface area contributed by atoms with E-state index in [1.165, 1.54) is 6.92 Å². The molecule has 0 aliphatic rings. The molecular formula is C3H7BrF2N2. The minimum absolute atomic E-state index is 1.04. The molecule has 0 saturated carbocycles. The average Bonchev–Trinajstić information content (AvgIpc) is 1.62. The number of hydrogen-bond donors (Lipinski definition) is 2. The van der Waals surface area contributed by atoms with E-state index in [4.69, 9.17) is 5.84 Å². The van der Waals surface area contributed by atoms with Gasteiger partial charge in [-0.25, -0.2) is 0 Å². The second-order valence-corrected chi connectivity index (χ2v) is 2.49. The van der Waals surface area contributed by atoms with Crippen molar-refractivity contribution in [1.82, 2.24) is 5.43 Å². The summed E-state index contributed by atoms with van der Waals surface area (Å²) < 4.78 is 23.8. The van der Waals surface area contributed by atoms with E-state index in [1.54, 1.807) is 0 Å². The van der Waals surface area contributed by atoms with Gasteiger partial charge in [0.05, 0.1) is 6.04 Å². The van der Waals surface area contributed by atoms with E-state index >= 15 is 0 Å². The van der Waals surface area contributed by atoms with Gasteiger partial charge >= 0.3 is 4.83 Å². The summed E-state index contributed by atoms with van der Waals surface area (Å²) >= 11 is 2.13. The number of alkyl halides is 3. The summed E-state index contributed by atoms with van der Waals surface area (Å²) in [5, 5.41) is 0. The van der Waals surface area contributed by atoms with Gasteiger partial charge in [0.25, 0.3) is 0 Å². The zero-order chi connectivity index (χ0) is 6.78. The third-order valence-corrected chi connectivity index (χ3v) is 1.43. The molecule has 5 heteroatoms. The van der Waals surface area contributed by atoms with Crippen molar-refractivity contribution in [1.29, 1.82) is 0 Å². The zero-order valence-corrected chi connectivity index (χ0v) is 5.87. The Bertz CT molecular complexity index is 72.2. The van der Waals surface area contributed by atoms with Crippen molar-refractivity contribution < 1.29 is 8.78 Å². The summed E-state index contributed by atoms with van der Waals surface area (Å²) in [6, 6.07) is -1.04. The molecule has 0 spiro atoms. The number of halogens is 3. The van der Waals surface area contributed by atoms with Crippen molar-refractivity contribution in [2.24, 2.45) is 5.84 Å². The lowest BCUT2D eigenvalue weighted by atomic mass is 10.4. The van der Waals surface area contributed by atoms with E-state index in [0.29, 0.717) is 0 Å². The fraction of sp³-hybridized carbons (Fsp3) is 1.00. The molecule has 0 heterocycles. The van der Waals surface area contributed by atoms with E-state index in [2.05, 4.69) is 15.9 Å². The Kier molecular flexibility index (Phi) is 2.79. The van der Waals surface area contributed by atoms with Crippen molar-refractivity contribution in [2.75, 3.05) is 0 Å². The Labute approximate surface area is 54.5 Å². The number of nitrogens with two attached hydrogens (primary N) is 1. The standard InChI is InChI=1S/C3H7BrF2N2/c1-2(8-7)3(4,5)6/h2,8H,7H2,1H3. The first-order valence-corrected chi connectivity index (χ1v) is 2.80. The van der Waals surface area contributed by atoms with Crippen molar-refractivity contribution in [3.8, 4) is 0 Å². The van der Waals surface area contributed by atoms with Crippen LogP contribution in [0.5, 0.6) is 0 Å². The fourth-order valence-corrected chi connectivity index (χ4v) is 0.227. The molecule has 0 aliphatic carbocycles. The zero-order valence-electron chi connectivity index (χ0n) is 4.29.